The van der Waals surface area contributed by atoms with E-state index in [1.54, 1.807) is 0 Å². The fraction of sp³-hybridized carbons (Fsp3) is 0.667. The monoisotopic (exact) mass is 234 g/mol. The maximum Gasteiger partial charge on any atom is 0.306 e. The van der Waals surface area contributed by atoms with Gasteiger partial charge in [0.15, 0.2) is 0 Å². The van der Waals surface area contributed by atoms with Crippen LogP contribution in [0.4, 0.5) is 0 Å². The van der Waals surface area contributed by atoms with Crippen molar-refractivity contribution in [3.8, 4) is 0 Å². The molecule has 0 aromatic heterocycles. The molecule has 0 spiro atoms. The number of hydrogen-bond donors (Lipinski definition) is 1. The zero-order chi connectivity index (χ0) is 12.1. The third-order valence-electron chi connectivity index (χ3n) is 3.97. The zero-order valence-corrected chi connectivity index (χ0v) is 10.5. The SMILES string of the molecule is O=C(O)C1CCC=C(C2=CCCCCC2)CC1. The van der Waals surface area contributed by atoms with Crippen LogP contribution in [0.2, 0.25) is 0 Å². The fourth-order valence-electron chi connectivity index (χ4n) is 2.88. The molecule has 0 aromatic carbocycles. The highest BCUT2D eigenvalue weighted by Crippen LogP contribution is 2.31. The Hall–Kier alpha value is -1.05. The number of carbonyl (C=O) groups is 1. The number of carboxylic acids is 1. The van der Waals surface area contributed by atoms with Crippen LogP contribution >= 0.6 is 0 Å². The second kappa shape index (κ2) is 6.04. The zero-order valence-electron chi connectivity index (χ0n) is 10.5. The molecule has 1 atom stereocenters. The Kier molecular flexibility index (Phi) is 4.41. The summed E-state index contributed by atoms with van der Waals surface area (Å²) in [6.45, 7) is 0. The predicted molar refractivity (Wildman–Crippen MR) is 68.8 cm³/mol. The van der Waals surface area contributed by atoms with E-state index < -0.39 is 5.97 Å². The molecule has 0 radical (unpaired) electrons. The van der Waals surface area contributed by atoms with Gasteiger partial charge < -0.3 is 5.11 Å². The number of allylic oxidation sites excluding steroid dienone is 4. The average molecular weight is 234 g/mol. The normalized spacial score (nSPS) is 26.5. The van der Waals surface area contributed by atoms with Crippen LogP contribution in [0.5, 0.6) is 0 Å². The maximum atomic E-state index is 11.0. The summed E-state index contributed by atoms with van der Waals surface area (Å²) in [5.74, 6) is -0.746. The Labute approximate surface area is 103 Å². The van der Waals surface area contributed by atoms with Crippen LogP contribution in [0.3, 0.4) is 0 Å². The van der Waals surface area contributed by atoms with Crippen molar-refractivity contribution < 1.29 is 9.90 Å². The largest absolute Gasteiger partial charge is 0.481 e. The Balaban J connectivity index is 1.99. The lowest BCUT2D eigenvalue weighted by molar-refractivity contribution is -0.142. The summed E-state index contributed by atoms with van der Waals surface area (Å²) in [6, 6.07) is 0. The maximum absolute atomic E-state index is 11.0. The highest BCUT2D eigenvalue weighted by Gasteiger charge is 2.20. The lowest BCUT2D eigenvalue weighted by Gasteiger charge is -2.11. The Morgan fingerprint density at radius 1 is 1.00 bits per heavy atom. The summed E-state index contributed by atoms with van der Waals surface area (Å²) in [4.78, 5) is 11.0. The molecule has 0 saturated heterocycles. The van der Waals surface area contributed by atoms with Gasteiger partial charge in [0.2, 0.25) is 0 Å². The molecule has 1 N–H and O–H groups in total. The standard InChI is InChI=1S/C15H22O2/c16-15(17)14-9-5-8-13(10-11-14)12-6-3-1-2-4-7-12/h6,8,14H,1-5,7,9-11H2,(H,16,17). The summed E-state index contributed by atoms with van der Waals surface area (Å²) < 4.78 is 0. The molecule has 2 aliphatic carbocycles. The van der Waals surface area contributed by atoms with Gasteiger partial charge in [-0.3, -0.25) is 4.79 Å². The Morgan fingerprint density at radius 2 is 1.76 bits per heavy atom. The molecule has 0 aliphatic heterocycles. The molecule has 0 saturated carbocycles. The van der Waals surface area contributed by atoms with Crippen LogP contribution in [0.25, 0.3) is 0 Å². The topological polar surface area (TPSA) is 37.3 Å². The molecule has 17 heavy (non-hydrogen) atoms. The summed E-state index contributed by atoms with van der Waals surface area (Å²) >= 11 is 0. The third kappa shape index (κ3) is 3.45. The van der Waals surface area contributed by atoms with Crippen molar-refractivity contribution in [2.45, 2.75) is 57.8 Å². The van der Waals surface area contributed by atoms with Crippen molar-refractivity contribution in [2.75, 3.05) is 0 Å². The Bertz CT molecular complexity index is 339. The van der Waals surface area contributed by atoms with Crippen molar-refractivity contribution >= 4 is 5.97 Å². The molecule has 2 rings (SSSR count). The van der Waals surface area contributed by atoms with Crippen molar-refractivity contribution in [1.29, 1.82) is 0 Å². The lowest BCUT2D eigenvalue weighted by atomic mass is 9.95. The molecular weight excluding hydrogens is 212 g/mol. The van der Waals surface area contributed by atoms with Crippen LogP contribution in [-0.4, -0.2) is 11.1 Å². The van der Waals surface area contributed by atoms with Crippen molar-refractivity contribution in [3.63, 3.8) is 0 Å². The van der Waals surface area contributed by atoms with E-state index in [-0.39, 0.29) is 5.92 Å². The summed E-state index contributed by atoms with van der Waals surface area (Å²) in [5.41, 5.74) is 2.95. The third-order valence-corrected chi connectivity index (χ3v) is 3.97. The molecule has 2 heteroatoms. The van der Waals surface area contributed by atoms with Gasteiger partial charge in [0.1, 0.15) is 0 Å². The quantitative estimate of drug-likeness (QED) is 0.781. The van der Waals surface area contributed by atoms with Crippen LogP contribution < -0.4 is 0 Å². The minimum atomic E-state index is -0.616. The first-order chi connectivity index (χ1) is 8.27. The lowest BCUT2D eigenvalue weighted by Crippen LogP contribution is -2.12. The van der Waals surface area contributed by atoms with Gasteiger partial charge in [-0.15, -0.1) is 0 Å². The van der Waals surface area contributed by atoms with Gasteiger partial charge in [-0.05, 0) is 62.5 Å². The number of carboxylic acid groups (broad SMARTS) is 1. The molecular formula is C15H22O2. The first-order valence-electron chi connectivity index (χ1n) is 6.88. The summed E-state index contributed by atoms with van der Waals surface area (Å²) in [5, 5.41) is 9.07. The number of aliphatic carboxylic acids is 1. The average Bonchev–Trinajstić information content (AvgIpc) is 2.71. The van der Waals surface area contributed by atoms with Crippen LogP contribution in [0.15, 0.2) is 23.3 Å². The summed E-state index contributed by atoms with van der Waals surface area (Å²) in [7, 11) is 0. The summed E-state index contributed by atoms with van der Waals surface area (Å²) in [6.07, 6.45) is 14.6. The first kappa shape index (κ1) is 12.4. The van der Waals surface area contributed by atoms with Gasteiger partial charge in [-0.1, -0.05) is 18.6 Å². The van der Waals surface area contributed by atoms with E-state index in [1.807, 2.05) is 0 Å². The molecule has 0 fully saturated rings. The molecule has 0 amide bonds. The second-order valence-electron chi connectivity index (χ2n) is 5.21. The van der Waals surface area contributed by atoms with Gasteiger partial charge >= 0.3 is 5.97 Å². The Morgan fingerprint density at radius 3 is 2.59 bits per heavy atom. The molecule has 94 valence electrons. The van der Waals surface area contributed by atoms with Crippen molar-refractivity contribution in [3.05, 3.63) is 23.3 Å². The fourth-order valence-corrected chi connectivity index (χ4v) is 2.88. The van der Waals surface area contributed by atoms with Gasteiger partial charge in [-0.2, -0.15) is 0 Å². The van der Waals surface area contributed by atoms with E-state index >= 15 is 0 Å². The van der Waals surface area contributed by atoms with E-state index in [1.165, 1.54) is 43.3 Å². The van der Waals surface area contributed by atoms with E-state index in [4.69, 9.17) is 5.11 Å². The minimum absolute atomic E-state index is 0.130. The molecule has 2 aliphatic rings. The van der Waals surface area contributed by atoms with E-state index in [9.17, 15) is 4.79 Å². The van der Waals surface area contributed by atoms with Crippen LogP contribution in [0.1, 0.15) is 57.8 Å². The molecule has 0 heterocycles. The van der Waals surface area contributed by atoms with E-state index in [0.717, 1.165) is 25.7 Å². The predicted octanol–water partition coefficient (Wildman–Crippen LogP) is 4.08. The van der Waals surface area contributed by atoms with Crippen LogP contribution in [-0.2, 0) is 4.79 Å². The molecule has 0 aromatic rings. The highest BCUT2D eigenvalue weighted by atomic mass is 16.4. The van der Waals surface area contributed by atoms with Crippen LogP contribution in [0, 0.1) is 5.92 Å². The van der Waals surface area contributed by atoms with Gasteiger partial charge in [0.05, 0.1) is 5.92 Å². The minimum Gasteiger partial charge on any atom is -0.481 e. The van der Waals surface area contributed by atoms with Crippen molar-refractivity contribution in [2.24, 2.45) is 5.92 Å². The smallest absolute Gasteiger partial charge is 0.306 e. The van der Waals surface area contributed by atoms with Gasteiger partial charge in [0.25, 0.3) is 0 Å². The molecule has 0 bridgehead atoms. The molecule has 1 unspecified atom stereocenters. The van der Waals surface area contributed by atoms with Crippen molar-refractivity contribution in [1.82, 2.24) is 0 Å². The highest BCUT2D eigenvalue weighted by molar-refractivity contribution is 5.70. The molecule has 2 nitrogen and oxygen atoms in total. The van der Waals surface area contributed by atoms with E-state index in [0.29, 0.717) is 0 Å². The van der Waals surface area contributed by atoms with Gasteiger partial charge in [-0.25, -0.2) is 0 Å². The van der Waals surface area contributed by atoms with Gasteiger partial charge in [0, 0.05) is 0 Å². The number of hydrogen-bond acceptors (Lipinski definition) is 1. The van der Waals surface area contributed by atoms with E-state index in [2.05, 4.69) is 12.2 Å². The number of rotatable bonds is 2. The first-order valence-corrected chi connectivity index (χ1v) is 6.88. The second-order valence-corrected chi connectivity index (χ2v) is 5.21.